The second kappa shape index (κ2) is 6.46. The van der Waals surface area contributed by atoms with Crippen molar-refractivity contribution in [2.45, 2.75) is 24.8 Å². The first-order valence-corrected chi connectivity index (χ1v) is 8.58. The minimum Gasteiger partial charge on any atom is -0.337 e. The molecular formula is C12H14N7O2S2+. The number of imidazole rings is 1. The van der Waals surface area contributed by atoms with E-state index in [1.807, 2.05) is 13.8 Å². The summed E-state index contributed by atoms with van der Waals surface area (Å²) in [5.41, 5.74) is 0.723. The number of fused-ring (bicyclic) bond motifs is 1. The molecule has 0 spiro atoms. The fourth-order valence-corrected chi connectivity index (χ4v) is 3.36. The quantitative estimate of drug-likeness (QED) is 0.459. The van der Waals surface area contributed by atoms with Crippen LogP contribution in [0.1, 0.15) is 24.8 Å². The highest BCUT2D eigenvalue weighted by Gasteiger charge is 2.16. The zero-order valence-electron chi connectivity index (χ0n) is 12.3. The molecule has 0 saturated heterocycles. The molecule has 1 amide bonds. The van der Waals surface area contributed by atoms with E-state index in [2.05, 4.69) is 35.5 Å². The molecule has 9 nitrogen and oxygen atoms in total. The van der Waals surface area contributed by atoms with Gasteiger partial charge < -0.3 is 4.98 Å². The first-order valence-electron chi connectivity index (χ1n) is 6.77. The van der Waals surface area contributed by atoms with Crippen LogP contribution < -0.4 is 16.0 Å². The molecule has 3 rings (SSSR count). The molecule has 3 heterocycles. The molecule has 0 aromatic carbocycles. The topological polar surface area (TPSA) is 131 Å². The molecule has 0 radical (unpaired) electrons. The van der Waals surface area contributed by atoms with Crippen molar-refractivity contribution in [1.82, 2.24) is 25.1 Å². The summed E-state index contributed by atoms with van der Waals surface area (Å²) >= 11 is 2.56. The summed E-state index contributed by atoms with van der Waals surface area (Å²) in [6, 6.07) is 0. The number of carbonyl (C=O) groups is 1. The summed E-state index contributed by atoms with van der Waals surface area (Å²) < 4.78 is 0. The molecular weight excluding hydrogens is 338 g/mol. The van der Waals surface area contributed by atoms with Crippen LogP contribution in [0.5, 0.6) is 0 Å². The number of anilines is 1. The fraction of sp³-hybridized carbons (Fsp3) is 0.333. The first kappa shape index (κ1) is 15.6. The van der Waals surface area contributed by atoms with Gasteiger partial charge in [-0.3, -0.25) is 10.1 Å². The van der Waals surface area contributed by atoms with Crippen molar-refractivity contribution >= 4 is 45.3 Å². The summed E-state index contributed by atoms with van der Waals surface area (Å²) in [5.74, 6) is 0.180. The van der Waals surface area contributed by atoms with Crippen LogP contribution in [0.3, 0.4) is 0 Å². The number of aromatic amines is 3. The third-order valence-electron chi connectivity index (χ3n) is 2.85. The number of amides is 1. The lowest BCUT2D eigenvalue weighted by atomic mass is 10.2. The van der Waals surface area contributed by atoms with Crippen LogP contribution in [0.2, 0.25) is 0 Å². The number of hydrogen-bond acceptors (Lipinski definition) is 7. The Kier molecular flexibility index (Phi) is 4.39. The maximum absolute atomic E-state index is 12.0. The molecule has 0 saturated carbocycles. The van der Waals surface area contributed by atoms with E-state index in [1.54, 1.807) is 0 Å². The molecule has 0 bridgehead atoms. The van der Waals surface area contributed by atoms with E-state index < -0.39 is 0 Å². The number of carbonyl (C=O) groups excluding carboxylic acids is 1. The molecule has 120 valence electrons. The lowest BCUT2D eigenvalue weighted by Crippen LogP contribution is -2.31. The molecule has 0 aliphatic rings. The number of nitrogens with one attached hydrogen (secondary N) is 4. The van der Waals surface area contributed by atoms with Gasteiger partial charge >= 0.3 is 5.69 Å². The van der Waals surface area contributed by atoms with E-state index in [9.17, 15) is 9.59 Å². The normalized spacial score (nSPS) is 11.3. The van der Waals surface area contributed by atoms with Crippen molar-refractivity contribution in [2.24, 2.45) is 0 Å². The lowest BCUT2D eigenvalue weighted by Gasteiger charge is -2.00. The van der Waals surface area contributed by atoms with Gasteiger partial charge in [0.1, 0.15) is 5.01 Å². The largest absolute Gasteiger partial charge is 0.496 e. The van der Waals surface area contributed by atoms with Crippen molar-refractivity contribution < 1.29 is 9.78 Å². The summed E-state index contributed by atoms with van der Waals surface area (Å²) in [5, 5.41) is 12.6. The van der Waals surface area contributed by atoms with E-state index in [1.165, 1.54) is 29.4 Å². The SMILES string of the molecule is CC(C)c1nnc(NC(=O)CSc2[nH+]c(=O)[nH]c3nc[nH]c23)s1. The number of rotatable bonds is 5. The number of nitrogens with zero attached hydrogens (tertiary/aromatic N) is 3. The maximum atomic E-state index is 12.0. The van der Waals surface area contributed by atoms with Gasteiger partial charge in [-0.15, -0.1) is 10.2 Å². The fourth-order valence-electron chi connectivity index (χ4n) is 1.79. The average Bonchev–Trinajstić information content (AvgIpc) is 3.13. The van der Waals surface area contributed by atoms with Gasteiger partial charge in [-0.25, -0.2) is 0 Å². The molecule has 11 heteroatoms. The van der Waals surface area contributed by atoms with Crippen molar-refractivity contribution in [3.05, 3.63) is 21.8 Å². The highest BCUT2D eigenvalue weighted by molar-refractivity contribution is 8.00. The Hall–Kier alpha value is -2.27. The number of aromatic nitrogens is 6. The van der Waals surface area contributed by atoms with Crippen LogP contribution in [0.4, 0.5) is 5.13 Å². The molecule has 3 aromatic rings. The number of thioether (sulfide) groups is 1. The summed E-state index contributed by atoms with van der Waals surface area (Å²) in [6.07, 6.45) is 1.48. The van der Waals surface area contributed by atoms with Gasteiger partial charge in [0.05, 0.1) is 12.1 Å². The minimum absolute atomic E-state index is 0.130. The van der Waals surface area contributed by atoms with Gasteiger partial charge in [0.25, 0.3) is 5.65 Å². The van der Waals surface area contributed by atoms with Crippen molar-refractivity contribution in [3.63, 3.8) is 0 Å². The zero-order valence-corrected chi connectivity index (χ0v) is 14.0. The molecule has 4 N–H and O–H groups in total. The van der Waals surface area contributed by atoms with Gasteiger partial charge in [-0.05, 0) is 0 Å². The van der Waals surface area contributed by atoms with Crippen LogP contribution in [-0.2, 0) is 4.79 Å². The van der Waals surface area contributed by atoms with Crippen molar-refractivity contribution in [1.29, 1.82) is 0 Å². The Morgan fingerprint density at radius 1 is 1.48 bits per heavy atom. The van der Waals surface area contributed by atoms with Gasteiger partial charge in [0, 0.05) is 5.92 Å². The van der Waals surface area contributed by atoms with E-state index in [0.29, 0.717) is 21.3 Å². The monoisotopic (exact) mass is 352 g/mol. The summed E-state index contributed by atoms with van der Waals surface area (Å²) in [4.78, 5) is 35.6. The van der Waals surface area contributed by atoms with Crippen LogP contribution in [0.25, 0.3) is 11.2 Å². The van der Waals surface area contributed by atoms with Gasteiger partial charge in [-0.1, -0.05) is 36.9 Å². The molecule has 0 aliphatic heterocycles. The molecule has 3 aromatic heterocycles. The van der Waals surface area contributed by atoms with Crippen molar-refractivity contribution in [2.75, 3.05) is 11.1 Å². The molecule has 0 unspecified atom stereocenters. The predicted molar refractivity (Wildman–Crippen MR) is 86.6 cm³/mol. The Morgan fingerprint density at radius 3 is 3.04 bits per heavy atom. The Bertz CT molecular complexity index is 898. The summed E-state index contributed by atoms with van der Waals surface area (Å²) in [6.45, 7) is 4.03. The van der Waals surface area contributed by atoms with E-state index in [-0.39, 0.29) is 23.3 Å². The summed E-state index contributed by atoms with van der Waals surface area (Å²) in [7, 11) is 0. The van der Waals surface area contributed by atoms with Crippen LogP contribution >= 0.6 is 23.1 Å². The Balaban J connectivity index is 1.66. The maximum Gasteiger partial charge on any atom is 0.496 e. The number of H-pyrrole nitrogens is 3. The van der Waals surface area contributed by atoms with E-state index in [4.69, 9.17) is 0 Å². The highest BCUT2D eigenvalue weighted by Crippen LogP contribution is 2.23. The second-order valence-corrected chi connectivity index (χ2v) is 6.97. The predicted octanol–water partition coefficient (Wildman–Crippen LogP) is 0.771. The minimum atomic E-state index is -0.377. The number of hydrogen-bond donors (Lipinski definition) is 3. The zero-order chi connectivity index (χ0) is 16.4. The van der Waals surface area contributed by atoms with E-state index >= 15 is 0 Å². The van der Waals surface area contributed by atoms with Gasteiger partial charge in [0.15, 0.2) is 10.5 Å². The van der Waals surface area contributed by atoms with Gasteiger partial charge in [-0.2, -0.15) is 19.7 Å². The molecule has 23 heavy (non-hydrogen) atoms. The molecule has 0 aliphatic carbocycles. The van der Waals surface area contributed by atoms with Crippen LogP contribution in [0.15, 0.2) is 16.1 Å². The lowest BCUT2D eigenvalue weighted by molar-refractivity contribution is -0.446. The third-order valence-corrected chi connectivity index (χ3v) is 4.99. The van der Waals surface area contributed by atoms with Crippen LogP contribution in [-0.4, -0.2) is 36.8 Å². The van der Waals surface area contributed by atoms with E-state index in [0.717, 1.165) is 5.01 Å². The first-order chi connectivity index (χ1) is 11.0. The average molecular weight is 352 g/mol. The molecule has 0 fully saturated rings. The standard InChI is InChI=1S/C12H13N7O2S2/c1-5(2)9-18-19-12(23-9)15-6(20)3-22-10-7-8(14-4-13-7)16-11(21)17-10/h4-5H,3H2,1-2H3,(H,15,19,20)(H2,13,14,16,17,21)/p+1. The molecule has 0 atom stereocenters. The van der Waals surface area contributed by atoms with Crippen LogP contribution in [0, 0.1) is 0 Å². The third kappa shape index (κ3) is 3.56. The highest BCUT2D eigenvalue weighted by atomic mass is 32.2. The Labute approximate surface area is 138 Å². The second-order valence-electron chi connectivity index (χ2n) is 4.97. The Morgan fingerprint density at radius 2 is 2.30 bits per heavy atom. The van der Waals surface area contributed by atoms with Crippen molar-refractivity contribution in [3.8, 4) is 0 Å². The van der Waals surface area contributed by atoms with Gasteiger partial charge in [0.2, 0.25) is 11.0 Å². The smallest absolute Gasteiger partial charge is 0.337 e.